The summed E-state index contributed by atoms with van der Waals surface area (Å²) < 4.78 is 5.40. The second-order valence-corrected chi connectivity index (χ2v) is 4.72. The number of alkyl halides is 1. The fourth-order valence-electron chi connectivity index (χ4n) is 1.67. The number of halogens is 1. The van der Waals surface area contributed by atoms with Gasteiger partial charge in [-0.25, -0.2) is 0 Å². The number of fused-ring (bicyclic) bond motifs is 1. The van der Waals surface area contributed by atoms with Crippen LogP contribution in [-0.2, 0) is 17.6 Å². The maximum atomic E-state index is 10.9. The van der Waals surface area contributed by atoms with Gasteiger partial charge in [0.15, 0.2) is 0 Å². The van der Waals surface area contributed by atoms with Gasteiger partial charge in [-0.1, -0.05) is 28.1 Å². The molecule has 1 aliphatic heterocycles. The van der Waals surface area contributed by atoms with E-state index in [-0.39, 0.29) is 10.7 Å². The van der Waals surface area contributed by atoms with E-state index < -0.39 is 0 Å². The molecule has 15 heavy (non-hydrogen) atoms. The number of hydrogen-bond acceptors (Lipinski definition) is 2. The molecule has 1 unspecified atom stereocenters. The van der Waals surface area contributed by atoms with Gasteiger partial charge in [0.1, 0.15) is 5.75 Å². The fourth-order valence-corrected chi connectivity index (χ4v) is 2.05. The Bertz CT molecular complexity index is 392. The third-order valence-electron chi connectivity index (χ3n) is 2.48. The Kier molecular flexibility index (Phi) is 2.95. The molecule has 1 aromatic carbocycles. The average molecular weight is 270 g/mol. The van der Waals surface area contributed by atoms with Crippen LogP contribution in [0.3, 0.4) is 0 Å². The van der Waals surface area contributed by atoms with E-state index in [2.05, 4.69) is 22.0 Å². The van der Waals surface area contributed by atoms with E-state index in [4.69, 9.17) is 10.5 Å². The van der Waals surface area contributed by atoms with Crippen molar-refractivity contribution in [2.45, 2.75) is 17.7 Å². The number of rotatable bonds is 3. The SMILES string of the molecule is NC(=O)C(Br)Cc1ccc2c(c1)CCO2. The van der Waals surface area contributed by atoms with Gasteiger partial charge in [0, 0.05) is 6.42 Å². The molecule has 0 saturated heterocycles. The first-order valence-corrected chi connectivity index (χ1v) is 5.76. The van der Waals surface area contributed by atoms with E-state index in [0.29, 0.717) is 6.42 Å². The number of nitrogens with two attached hydrogens (primary N) is 1. The summed E-state index contributed by atoms with van der Waals surface area (Å²) in [6.45, 7) is 0.756. The largest absolute Gasteiger partial charge is 0.493 e. The molecule has 1 aliphatic rings. The Hall–Kier alpha value is -1.03. The number of primary amides is 1. The fraction of sp³-hybridized carbons (Fsp3) is 0.364. The molecular formula is C11H12BrNO2. The standard InChI is InChI=1S/C11H12BrNO2/c12-9(11(13)14)6-7-1-2-10-8(5-7)3-4-15-10/h1-2,5,9H,3-4,6H2,(H2,13,14). The highest BCUT2D eigenvalue weighted by Gasteiger charge is 2.15. The summed E-state index contributed by atoms with van der Waals surface area (Å²) in [5.74, 6) is 0.635. The lowest BCUT2D eigenvalue weighted by molar-refractivity contribution is -0.117. The molecule has 1 aromatic rings. The Morgan fingerprint density at radius 2 is 2.40 bits per heavy atom. The minimum Gasteiger partial charge on any atom is -0.493 e. The van der Waals surface area contributed by atoms with Gasteiger partial charge in [-0.2, -0.15) is 0 Å². The van der Waals surface area contributed by atoms with E-state index in [1.54, 1.807) is 0 Å². The summed E-state index contributed by atoms with van der Waals surface area (Å²) in [5, 5.41) is 0. The first-order valence-electron chi connectivity index (χ1n) is 4.85. The molecule has 0 spiro atoms. The minimum atomic E-state index is -0.327. The topological polar surface area (TPSA) is 52.3 Å². The highest BCUT2D eigenvalue weighted by Crippen LogP contribution is 2.26. The summed E-state index contributed by atoms with van der Waals surface area (Å²) in [7, 11) is 0. The number of amides is 1. The van der Waals surface area contributed by atoms with Gasteiger partial charge in [-0.15, -0.1) is 0 Å². The van der Waals surface area contributed by atoms with Crippen LogP contribution < -0.4 is 10.5 Å². The van der Waals surface area contributed by atoms with Crippen LogP contribution in [-0.4, -0.2) is 17.3 Å². The van der Waals surface area contributed by atoms with Gasteiger partial charge < -0.3 is 10.5 Å². The molecule has 1 amide bonds. The van der Waals surface area contributed by atoms with Crippen molar-refractivity contribution in [2.75, 3.05) is 6.61 Å². The molecule has 0 aliphatic carbocycles. The van der Waals surface area contributed by atoms with E-state index in [0.717, 1.165) is 24.3 Å². The monoisotopic (exact) mass is 269 g/mol. The van der Waals surface area contributed by atoms with Gasteiger partial charge in [-0.3, -0.25) is 4.79 Å². The lowest BCUT2D eigenvalue weighted by Gasteiger charge is -2.07. The van der Waals surface area contributed by atoms with Crippen LogP contribution in [0.5, 0.6) is 5.75 Å². The number of ether oxygens (including phenoxy) is 1. The van der Waals surface area contributed by atoms with E-state index in [1.807, 2.05) is 12.1 Å². The van der Waals surface area contributed by atoms with Crippen molar-refractivity contribution in [2.24, 2.45) is 5.73 Å². The van der Waals surface area contributed by atoms with Crippen molar-refractivity contribution >= 4 is 21.8 Å². The Morgan fingerprint density at radius 1 is 1.60 bits per heavy atom. The van der Waals surface area contributed by atoms with Crippen molar-refractivity contribution in [3.05, 3.63) is 29.3 Å². The molecule has 0 radical (unpaired) electrons. The molecule has 0 bridgehead atoms. The summed E-state index contributed by atoms with van der Waals surface area (Å²) in [4.78, 5) is 10.6. The molecule has 4 heteroatoms. The second-order valence-electron chi connectivity index (χ2n) is 3.61. The number of hydrogen-bond donors (Lipinski definition) is 1. The van der Waals surface area contributed by atoms with Gasteiger partial charge in [-0.05, 0) is 23.6 Å². The van der Waals surface area contributed by atoms with Crippen molar-refractivity contribution in [3.63, 3.8) is 0 Å². The van der Waals surface area contributed by atoms with E-state index in [1.165, 1.54) is 5.56 Å². The molecule has 1 heterocycles. The zero-order valence-corrected chi connectivity index (χ0v) is 9.79. The van der Waals surface area contributed by atoms with Crippen molar-refractivity contribution < 1.29 is 9.53 Å². The molecule has 80 valence electrons. The zero-order chi connectivity index (χ0) is 10.8. The third-order valence-corrected chi connectivity index (χ3v) is 3.25. The number of carbonyl (C=O) groups excluding carboxylic acids is 1. The molecular weight excluding hydrogens is 258 g/mol. The summed E-state index contributed by atoms with van der Waals surface area (Å²) in [5.41, 5.74) is 7.52. The zero-order valence-electron chi connectivity index (χ0n) is 8.20. The normalized spacial score (nSPS) is 15.5. The maximum Gasteiger partial charge on any atom is 0.231 e. The molecule has 2 rings (SSSR count). The lowest BCUT2D eigenvalue weighted by atomic mass is 10.0. The first-order chi connectivity index (χ1) is 7.16. The minimum absolute atomic E-state index is 0.294. The summed E-state index contributed by atoms with van der Waals surface area (Å²) in [6.07, 6.45) is 1.58. The predicted octanol–water partition coefficient (Wildman–Crippen LogP) is 1.41. The molecule has 3 nitrogen and oxygen atoms in total. The van der Waals surface area contributed by atoms with Crippen LogP contribution in [0, 0.1) is 0 Å². The van der Waals surface area contributed by atoms with Crippen LogP contribution in [0.2, 0.25) is 0 Å². The van der Waals surface area contributed by atoms with E-state index >= 15 is 0 Å². The second kappa shape index (κ2) is 4.23. The van der Waals surface area contributed by atoms with Crippen molar-refractivity contribution in [1.29, 1.82) is 0 Å². The average Bonchev–Trinajstić information content (AvgIpc) is 2.64. The van der Waals surface area contributed by atoms with Gasteiger partial charge in [0.05, 0.1) is 11.4 Å². The van der Waals surface area contributed by atoms with Crippen LogP contribution in [0.25, 0.3) is 0 Å². The number of carbonyl (C=O) groups is 1. The van der Waals surface area contributed by atoms with Crippen molar-refractivity contribution in [1.82, 2.24) is 0 Å². The molecule has 0 saturated carbocycles. The lowest BCUT2D eigenvalue weighted by Crippen LogP contribution is -2.24. The highest BCUT2D eigenvalue weighted by atomic mass is 79.9. The quantitative estimate of drug-likeness (QED) is 0.844. The molecule has 0 aromatic heterocycles. The Labute approximate surface area is 96.7 Å². The van der Waals surface area contributed by atoms with Gasteiger partial charge in [0.2, 0.25) is 5.91 Å². The summed E-state index contributed by atoms with van der Waals surface area (Å²) in [6, 6.07) is 6.01. The molecule has 2 N–H and O–H groups in total. The third kappa shape index (κ3) is 2.31. The summed E-state index contributed by atoms with van der Waals surface area (Å²) >= 11 is 3.25. The van der Waals surface area contributed by atoms with Crippen LogP contribution in [0.15, 0.2) is 18.2 Å². The van der Waals surface area contributed by atoms with Gasteiger partial charge >= 0.3 is 0 Å². The Morgan fingerprint density at radius 3 is 3.13 bits per heavy atom. The van der Waals surface area contributed by atoms with Crippen molar-refractivity contribution in [3.8, 4) is 5.75 Å². The van der Waals surface area contributed by atoms with Crippen LogP contribution in [0.1, 0.15) is 11.1 Å². The first kappa shape index (κ1) is 10.5. The molecule has 1 atom stereocenters. The van der Waals surface area contributed by atoms with Crippen LogP contribution in [0.4, 0.5) is 0 Å². The van der Waals surface area contributed by atoms with Crippen LogP contribution >= 0.6 is 15.9 Å². The molecule has 0 fully saturated rings. The highest BCUT2D eigenvalue weighted by molar-refractivity contribution is 9.10. The van der Waals surface area contributed by atoms with E-state index in [9.17, 15) is 4.79 Å². The maximum absolute atomic E-state index is 10.9. The predicted molar refractivity (Wildman–Crippen MR) is 61.3 cm³/mol. The Balaban J connectivity index is 2.13. The van der Waals surface area contributed by atoms with Gasteiger partial charge in [0.25, 0.3) is 0 Å². The smallest absolute Gasteiger partial charge is 0.231 e. The number of benzene rings is 1.